The first-order chi connectivity index (χ1) is 10.3. The first kappa shape index (κ1) is 13.4. The van der Waals surface area contributed by atoms with Gasteiger partial charge in [0, 0.05) is 0 Å². The van der Waals surface area contributed by atoms with Crippen LogP contribution in [0.25, 0.3) is 0 Å². The van der Waals surface area contributed by atoms with Gasteiger partial charge in [-0.1, -0.05) is 30.0 Å². The molecule has 0 saturated heterocycles. The summed E-state index contributed by atoms with van der Waals surface area (Å²) in [5.41, 5.74) is 0. The Labute approximate surface area is 124 Å². The fourth-order valence-corrected chi connectivity index (χ4v) is 2.20. The fourth-order valence-electron chi connectivity index (χ4n) is 1.53. The molecule has 0 fully saturated rings. The van der Waals surface area contributed by atoms with Crippen LogP contribution < -0.4 is 10.6 Å². The average molecular weight is 304 g/mol. The highest BCUT2D eigenvalue weighted by molar-refractivity contribution is 7.98. The quantitative estimate of drug-likeness (QED) is 0.536. The minimum atomic E-state index is 0.231. The SMILES string of the molecule is Nn1cnnc1SCc1nnc(COc2ccccc2)o1. The van der Waals surface area contributed by atoms with Gasteiger partial charge in [-0.05, 0) is 12.1 Å². The summed E-state index contributed by atoms with van der Waals surface area (Å²) in [5.74, 6) is 7.73. The zero-order valence-corrected chi connectivity index (χ0v) is 11.7. The summed E-state index contributed by atoms with van der Waals surface area (Å²) >= 11 is 1.36. The van der Waals surface area contributed by atoms with Gasteiger partial charge < -0.3 is 15.0 Å². The smallest absolute Gasteiger partial charge is 0.253 e. The summed E-state index contributed by atoms with van der Waals surface area (Å²) in [6.45, 7) is 0.231. The van der Waals surface area contributed by atoms with Gasteiger partial charge >= 0.3 is 0 Å². The highest BCUT2D eigenvalue weighted by atomic mass is 32.2. The van der Waals surface area contributed by atoms with Gasteiger partial charge in [-0.25, -0.2) is 4.68 Å². The molecule has 0 aliphatic rings. The molecule has 0 amide bonds. The lowest BCUT2D eigenvalue weighted by Crippen LogP contribution is -2.07. The van der Waals surface area contributed by atoms with Crippen LogP contribution in [0.15, 0.2) is 46.2 Å². The molecule has 3 rings (SSSR count). The number of rotatable bonds is 6. The lowest BCUT2D eigenvalue weighted by Gasteiger charge is -2.01. The van der Waals surface area contributed by atoms with E-state index in [1.165, 1.54) is 22.8 Å². The minimum absolute atomic E-state index is 0.231. The van der Waals surface area contributed by atoms with E-state index in [0.29, 0.717) is 22.7 Å². The molecule has 2 aromatic heterocycles. The Kier molecular flexibility index (Phi) is 4.01. The van der Waals surface area contributed by atoms with E-state index in [2.05, 4.69) is 20.4 Å². The van der Waals surface area contributed by atoms with Crippen molar-refractivity contribution in [3.05, 3.63) is 48.4 Å². The van der Waals surface area contributed by atoms with Crippen LogP contribution in [0.3, 0.4) is 0 Å². The van der Waals surface area contributed by atoms with Crippen LogP contribution in [0.5, 0.6) is 5.75 Å². The van der Waals surface area contributed by atoms with Gasteiger partial charge in [0.05, 0.1) is 5.75 Å². The molecule has 0 spiro atoms. The number of benzene rings is 1. The van der Waals surface area contributed by atoms with Crippen molar-refractivity contribution < 1.29 is 9.15 Å². The maximum Gasteiger partial charge on any atom is 0.253 e. The van der Waals surface area contributed by atoms with Crippen molar-refractivity contribution in [2.24, 2.45) is 0 Å². The van der Waals surface area contributed by atoms with Crippen LogP contribution >= 0.6 is 11.8 Å². The highest BCUT2D eigenvalue weighted by Crippen LogP contribution is 2.18. The Morgan fingerprint density at radius 2 is 1.95 bits per heavy atom. The van der Waals surface area contributed by atoms with Crippen molar-refractivity contribution in [2.45, 2.75) is 17.5 Å². The first-order valence-corrected chi connectivity index (χ1v) is 7.07. The maximum absolute atomic E-state index is 5.61. The van der Waals surface area contributed by atoms with E-state index >= 15 is 0 Å². The molecule has 108 valence electrons. The van der Waals surface area contributed by atoms with Crippen molar-refractivity contribution in [2.75, 3.05) is 5.84 Å². The van der Waals surface area contributed by atoms with Crippen molar-refractivity contribution in [3.63, 3.8) is 0 Å². The molecule has 8 nitrogen and oxygen atoms in total. The molecule has 1 aromatic carbocycles. The Balaban J connectivity index is 1.53. The van der Waals surface area contributed by atoms with E-state index in [4.69, 9.17) is 15.0 Å². The molecule has 9 heteroatoms. The number of hydrogen-bond donors (Lipinski definition) is 1. The van der Waals surface area contributed by atoms with Crippen molar-refractivity contribution >= 4 is 11.8 Å². The number of nitrogens with zero attached hydrogens (tertiary/aromatic N) is 5. The van der Waals surface area contributed by atoms with Gasteiger partial charge in [0.15, 0.2) is 6.61 Å². The molecule has 21 heavy (non-hydrogen) atoms. The lowest BCUT2D eigenvalue weighted by atomic mass is 10.3. The number of nitrogen functional groups attached to an aromatic ring is 1. The normalized spacial score (nSPS) is 10.7. The van der Waals surface area contributed by atoms with Gasteiger partial charge in [-0.3, -0.25) is 0 Å². The maximum atomic E-state index is 5.61. The predicted octanol–water partition coefficient (Wildman–Crippen LogP) is 1.25. The summed E-state index contributed by atoms with van der Waals surface area (Å²) in [5, 5.41) is 16.0. The zero-order valence-electron chi connectivity index (χ0n) is 10.9. The fraction of sp³-hybridized carbons (Fsp3) is 0.167. The third-order valence-corrected chi connectivity index (χ3v) is 3.42. The van der Waals surface area contributed by atoms with Crippen molar-refractivity contribution in [1.82, 2.24) is 25.1 Å². The highest BCUT2D eigenvalue weighted by Gasteiger charge is 2.09. The second-order valence-electron chi connectivity index (χ2n) is 4.00. The number of thioether (sulfide) groups is 1. The third-order valence-electron chi connectivity index (χ3n) is 2.48. The molecule has 0 aliphatic carbocycles. The van der Waals surface area contributed by atoms with E-state index < -0.39 is 0 Å². The van der Waals surface area contributed by atoms with Gasteiger partial charge in [0.25, 0.3) is 5.89 Å². The summed E-state index contributed by atoms with van der Waals surface area (Å²) in [6.07, 6.45) is 1.43. The number of hydrogen-bond acceptors (Lipinski definition) is 8. The first-order valence-electron chi connectivity index (χ1n) is 6.08. The average Bonchev–Trinajstić information content (AvgIpc) is 3.13. The van der Waals surface area contributed by atoms with Gasteiger partial charge in [0.2, 0.25) is 11.0 Å². The summed E-state index contributed by atoms with van der Waals surface area (Å²) in [6, 6.07) is 9.44. The molecule has 0 radical (unpaired) electrons. The Bertz CT molecular complexity index is 699. The molecule has 0 aliphatic heterocycles. The zero-order chi connectivity index (χ0) is 14.5. The number of nitrogens with two attached hydrogens (primary N) is 1. The monoisotopic (exact) mass is 304 g/mol. The van der Waals surface area contributed by atoms with E-state index in [-0.39, 0.29) is 6.61 Å². The molecule has 0 atom stereocenters. The van der Waals surface area contributed by atoms with Gasteiger partial charge in [0.1, 0.15) is 12.1 Å². The molecular weight excluding hydrogens is 292 g/mol. The number of ether oxygens (including phenoxy) is 1. The molecule has 3 aromatic rings. The van der Waals surface area contributed by atoms with Crippen LogP contribution in [0.4, 0.5) is 0 Å². The van der Waals surface area contributed by atoms with E-state index in [1.807, 2.05) is 30.3 Å². The molecular formula is C12H12N6O2S. The lowest BCUT2D eigenvalue weighted by molar-refractivity contribution is 0.260. The molecule has 2 N–H and O–H groups in total. The van der Waals surface area contributed by atoms with E-state index in [9.17, 15) is 0 Å². The van der Waals surface area contributed by atoms with E-state index in [0.717, 1.165) is 5.75 Å². The van der Waals surface area contributed by atoms with E-state index in [1.54, 1.807) is 0 Å². The molecule has 0 unspecified atom stereocenters. The summed E-state index contributed by atoms with van der Waals surface area (Å²) in [4.78, 5) is 0. The van der Waals surface area contributed by atoms with Crippen LogP contribution in [0.2, 0.25) is 0 Å². The second-order valence-corrected chi connectivity index (χ2v) is 4.94. The number of para-hydroxylation sites is 1. The van der Waals surface area contributed by atoms with Gasteiger partial charge in [-0.2, -0.15) is 0 Å². The molecule has 0 bridgehead atoms. The summed E-state index contributed by atoms with van der Waals surface area (Å²) < 4.78 is 12.3. The predicted molar refractivity (Wildman–Crippen MR) is 74.8 cm³/mol. The van der Waals surface area contributed by atoms with Crippen LogP contribution in [0, 0.1) is 0 Å². The summed E-state index contributed by atoms with van der Waals surface area (Å²) in [7, 11) is 0. The second kappa shape index (κ2) is 6.27. The Hall–Kier alpha value is -2.55. The molecule has 2 heterocycles. The topological polar surface area (TPSA) is 105 Å². The van der Waals surface area contributed by atoms with Gasteiger partial charge in [-0.15, -0.1) is 20.4 Å². The number of aromatic nitrogens is 5. The van der Waals surface area contributed by atoms with Crippen LogP contribution in [-0.2, 0) is 12.4 Å². The Morgan fingerprint density at radius 3 is 2.71 bits per heavy atom. The molecule has 0 saturated carbocycles. The third kappa shape index (κ3) is 3.51. The minimum Gasteiger partial charge on any atom is -0.484 e. The standard InChI is InChI=1S/C12H12N6O2S/c13-18-8-14-17-12(18)21-7-11-16-15-10(20-11)6-19-9-4-2-1-3-5-9/h1-5,8H,6-7,13H2. The largest absolute Gasteiger partial charge is 0.484 e. The Morgan fingerprint density at radius 1 is 1.14 bits per heavy atom. The van der Waals surface area contributed by atoms with Crippen LogP contribution in [0.1, 0.15) is 11.8 Å². The van der Waals surface area contributed by atoms with Crippen molar-refractivity contribution in [3.8, 4) is 5.75 Å². The van der Waals surface area contributed by atoms with Crippen molar-refractivity contribution in [1.29, 1.82) is 0 Å². The van der Waals surface area contributed by atoms with Crippen LogP contribution in [-0.4, -0.2) is 25.1 Å².